The summed E-state index contributed by atoms with van der Waals surface area (Å²) in [7, 11) is 0. The van der Waals surface area contributed by atoms with Gasteiger partial charge in [0.15, 0.2) is 10.8 Å². The molecule has 8 heteroatoms. The molecule has 0 aliphatic heterocycles. The van der Waals surface area contributed by atoms with Gasteiger partial charge >= 0.3 is 0 Å². The van der Waals surface area contributed by atoms with Gasteiger partial charge in [0.2, 0.25) is 5.91 Å². The summed E-state index contributed by atoms with van der Waals surface area (Å²) < 4.78 is 1.83. The highest BCUT2D eigenvalue weighted by Gasteiger charge is 2.14. The Labute approximate surface area is 153 Å². The van der Waals surface area contributed by atoms with E-state index in [4.69, 9.17) is 0 Å². The second-order valence-electron chi connectivity index (χ2n) is 6.50. The zero-order valence-electron chi connectivity index (χ0n) is 15.7. The number of nitrogens with one attached hydrogen (secondary N) is 2. The number of aromatic nitrogens is 4. The lowest BCUT2D eigenvalue weighted by Gasteiger charge is -2.11. The summed E-state index contributed by atoms with van der Waals surface area (Å²) in [6.07, 6.45) is 2.81. The maximum Gasteiger partial charge on any atom is 0.222 e. The van der Waals surface area contributed by atoms with E-state index in [9.17, 15) is 4.79 Å². The van der Waals surface area contributed by atoms with Gasteiger partial charge in [-0.05, 0) is 6.42 Å². The van der Waals surface area contributed by atoms with Crippen molar-refractivity contribution < 1.29 is 4.79 Å². The summed E-state index contributed by atoms with van der Waals surface area (Å²) in [6, 6.07) is 0. The van der Waals surface area contributed by atoms with Gasteiger partial charge in [0.1, 0.15) is 5.82 Å². The lowest BCUT2D eigenvalue weighted by atomic mass is 10.2. The van der Waals surface area contributed by atoms with Crippen LogP contribution in [0.5, 0.6) is 0 Å². The molecule has 0 atom stereocenters. The lowest BCUT2D eigenvalue weighted by Crippen LogP contribution is -2.30. The van der Waals surface area contributed by atoms with Crippen LogP contribution in [0.15, 0.2) is 11.4 Å². The minimum Gasteiger partial charge on any atom is -0.369 e. The molecule has 0 spiro atoms. The number of carbonyl (C=O) groups is 1. The fourth-order valence-corrected chi connectivity index (χ4v) is 2.93. The molecular weight excluding hydrogens is 336 g/mol. The Morgan fingerprint density at radius 1 is 1.24 bits per heavy atom. The SMILES string of the molecule is CCCNc1nc(SC(C)C)nc2c1cnn2CCNC(=O)C(C)C. The molecule has 2 rings (SSSR count). The summed E-state index contributed by atoms with van der Waals surface area (Å²) in [4.78, 5) is 21.0. The first kappa shape index (κ1) is 19.5. The van der Waals surface area contributed by atoms with E-state index in [1.165, 1.54) is 0 Å². The van der Waals surface area contributed by atoms with Crippen LogP contribution < -0.4 is 10.6 Å². The van der Waals surface area contributed by atoms with E-state index in [2.05, 4.69) is 46.5 Å². The van der Waals surface area contributed by atoms with Crippen molar-refractivity contribution in [3.63, 3.8) is 0 Å². The average molecular weight is 365 g/mol. The van der Waals surface area contributed by atoms with Crippen molar-refractivity contribution in [1.29, 1.82) is 0 Å². The predicted molar refractivity (Wildman–Crippen MR) is 103 cm³/mol. The average Bonchev–Trinajstić information content (AvgIpc) is 2.95. The van der Waals surface area contributed by atoms with E-state index in [1.807, 2.05) is 18.5 Å². The van der Waals surface area contributed by atoms with Crippen molar-refractivity contribution in [3.05, 3.63) is 6.20 Å². The Balaban J connectivity index is 2.24. The summed E-state index contributed by atoms with van der Waals surface area (Å²) in [5.74, 6) is 0.857. The molecule has 0 aliphatic carbocycles. The molecule has 25 heavy (non-hydrogen) atoms. The van der Waals surface area contributed by atoms with Gasteiger partial charge in [-0.3, -0.25) is 4.79 Å². The number of amides is 1. The zero-order valence-corrected chi connectivity index (χ0v) is 16.5. The van der Waals surface area contributed by atoms with Gasteiger partial charge in [-0.15, -0.1) is 0 Å². The topological polar surface area (TPSA) is 84.7 Å². The molecule has 0 saturated carbocycles. The van der Waals surface area contributed by atoms with Gasteiger partial charge in [-0.1, -0.05) is 46.4 Å². The first-order chi connectivity index (χ1) is 11.9. The molecule has 0 unspecified atom stereocenters. The first-order valence-corrected chi connectivity index (χ1v) is 9.72. The van der Waals surface area contributed by atoms with Gasteiger partial charge in [-0.25, -0.2) is 14.6 Å². The number of rotatable bonds is 9. The minimum absolute atomic E-state index is 0.0180. The molecule has 2 heterocycles. The standard InChI is InChI=1S/C17H28N6OS/c1-6-7-18-14-13-10-20-23(9-8-19-16(24)11(2)3)15(13)22-17(21-14)25-12(4)5/h10-12H,6-9H2,1-5H3,(H,19,24)(H,18,21,22). The first-order valence-electron chi connectivity index (χ1n) is 8.84. The third-order valence-corrected chi connectivity index (χ3v) is 4.37. The van der Waals surface area contributed by atoms with Crippen LogP contribution in [-0.4, -0.2) is 44.0 Å². The molecule has 0 saturated heterocycles. The van der Waals surface area contributed by atoms with Crippen molar-refractivity contribution in [3.8, 4) is 0 Å². The van der Waals surface area contributed by atoms with Gasteiger partial charge in [0, 0.05) is 24.3 Å². The normalized spacial score (nSPS) is 11.5. The molecule has 2 N–H and O–H groups in total. The van der Waals surface area contributed by atoms with E-state index in [0.717, 1.165) is 35.0 Å². The smallest absolute Gasteiger partial charge is 0.222 e. The second-order valence-corrected chi connectivity index (χ2v) is 8.04. The molecule has 2 aromatic heterocycles. The number of anilines is 1. The molecule has 0 radical (unpaired) electrons. The van der Waals surface area contributed by atoms with Gasteiger partial charge in [-0.2, -0.15) is 5.10 Å². The molecule has 7 nitrogen and oxygen atoms in total. The Bertz CT molecular complexity index is 712. The molecule has 1 amide bonds. The fraction of sp³-hybridized carbons (Fsp3) is 0.647. The Kier molecular flexibility index (Phi) is 7.04. The van der Waals surface area contributed by atoms with E-state index in [1.54, 1.807) is 18.0 Å². The summed E-state index contributed by atoms with van der Waals surface area (Å²) >= 11 is 1.63. The van der Waals surface area contributed by atoms with Crippen LogP contribution in [0.25, 0.3) is 11.0 Å². The van der Waals surface area contributed by atoms with Gasteiger partial charge in [0.25, 0.3) is 0 Å². The highest BCUT2D eigenvalue weighted by atomic mass is 32.2. The monoisotopic (exact) mass is 364 g/mol. The number of hydrogen-bond donors (Lipinski definition) is 2. The maximum atomic E-state index is 11.7. The molecule has 0 fully saturated rings. The van der Waals surface area contributed by atoms with Crippen molar-refractivity contribution in [2.24, 2.45) is 5.92 Å². The van der Waals surface area contributed by atoms with Crippen LogP contribution in [0.3, 0.4) is 0 Å². The van der Waals surface area contributed by atoms with E-state index < -0.39 is 0 Å². The van der Waals surface area contributed by atoms with E-state index >= 15 is 0 Å². The van der Waals surface area contributed by atoms with E-state index in [-0.39, 0.29) is 11.8 Å². The molecule has 2 aromatic rings. The summed E-state index contributed by atoms with van der Waals surface area (Å²) in [5, 5.41) is 12.8. The Hall–Kier alpha value is -1.83. The van der Waals surface area contributed by atoms with Crippen LogP contribution in [0.1, 0.15) is 41.0 Å². The third-order valence-electron chi connectivity index (χ3n) is 3.51. The summed E-state index contributed by atoms with van der Waals surface area (Å²) in [6.45, 7) is 12.1. The molecular formula is C17H28N6OS. The highest BCUT2D eigenvalue weighted by Crippen LogP contribution is 2.26. The number of thioether (sulfide) groups is 1. The number of carbonyl (C=O) groups excluding carboxylic acids is 1. The molecule has 0 aliphatic rings. The summed E-state index contributed by atoms with van der Waals surface area (Å²) in [5.41, 5.74) is 0.801. The predicted octanol–water partition coefficient (Wildman–Crippen LogP) is 2.92. The van der Waals surface area contributed by atoms with Crippen molar-refractivity contribution in [2.45, 2.75) is 58.0 Å². The molecule has 138 valence electrons. The number of nitrogens with zero attached hydrogens (tertiary/aromatic N) is 4. The highest BCUT2D eigenvalue weighted by molar-refractivity contribution is 7.99. The van der Waals surface area contributed by atoms with Crippen LogP contribution in [-0.2, 0) is 11.3 Å². The van der Waals surface area contributed by atoms with Crippen LogP contribution in [0, 0.1) is 5.92 Å². The zero-order chi connectivity index (χ0) is 18.4. The number of hydrogen-bond acceptors (Lipinski definition) is 6. The number of fused-ring (bicyclic) bond motifs is 1. The van der Waals surface area contributed by atoms with Crippen LogP contribution in [0.2, 0.25) is 0 Å². The van der Waals surface area contributed by atoms with Gasteiger partial charge in [0.05, 0.1) is 18.1 Å². The largest absolute Gasteiger partial charge is 0.369 e. The van der Waals surface area contributed by atoms with Crippen molar-refractivity contribution >= 4 is 34.5 Å². The minimum atomic E-state index is -0.0180. The van der Waals surface area contributed by atoms with Crippen LogP contribution in [0.4, 0.5) is 5.82 Å². The third kappa shape index (κ3) is 5.32. The second kappa shape index (κ2) is 9.03. The Morgan fingerprint density at radius 3 is 2.64 bits per heavy atom. The fourth-order valence-electron chi connectivity index (χ4n) is 2.23. The van der Waals surface area contributed by atoms with Crippen molar-refractivity contribution in [1.82, 2.24) is 25.1 Å². The quantitative estimate of drug-likeness (QED) is 0.526. The maximum absolute atomic E-state index is 11.7. The van der Waals surface area contributed by atoms with Gasteiger partial charge < -0.3 is 10.6 Å². The van der Waals surface area contributed by atoms with Crippen molar-refractivity contribution in [2.75, 3.05) is 18.4 Å². The molecule has 0 aromatic carbocycles. The van der Waals surface area contributed by atoms with Crippen LogP contribution >= 0.6 is 11.8 Å². The lowest BCUT2D eigenvalue weighted by molar-refractivity contribution is -0.124. The Morgan fingerprint density at radius 2 is 2.00 bits per heavy atom. The molecule has 0 bridgehead atoms. The van der Waals surface area contributed by atoms with E-state index in [0.29, 0.717) is 18.3 Å².